The van der Waals surface area contributed by atoms with Gasteiger partial charge in [-0.3, -0.25) is 9.78 Å². The Hall–Kier alpha value is -3.22. The summed E-state index contributed by atoms with van der Waals surface area (Å²) in [5.74, 6) is -0.617. The van der Waals surface area contributed by atoms with Crippen molar-refractivity contribution in [1.29, 1.82) is 0 Å². The molecule has 3 rings (SSSR count). The molecule has 2 heterocycles. The number of aromatic amines is 1. The Morgan fingerprint density at radius 1 is 1.32 bits per heavy atom. The number of H-pyrrole nitrogens is 1. The first-order valence-corrected chi connectivity index (χ1v) is 6.40. The number of rotatable bonds is 4. The average molecular weight is 296 g/mol. The number of pyridine rings is 1. The molecular formula is C15H10N3O4-. The van der Waals surface area contributed by atoms with Crippen LogP contribution in [-0.4, -0.2) is 20.9 Å². The molecule has 0 saturated carbocycles. The van der Waals surface area contributed by atoms with Crippen LogP contribution in [-0.2, 0) is 6.61 Å². The summed E-state index contributed by atoms with van der Waals surface area (Å²) in [7, 11) is 0. The molecule has 2 aromatic heterocycles. The zero-order valence-electron chi connectivity index (χ0n) is 11.3. The summed E-state index contributed by atoms with van der Waals surface area (Å²) in [6, 6.07) is 7.48. The normalized spacial score (nSPS) is 10.5. The van der Waals surface area contributed by atoms with E-state index in [-0.39, 0.29) is 17.7 Å². The van der Waals surface area contributed by atoms with Gasteiger partial charge in [0.2, 0.25) is 0 Å². The summed E-state index contributed by atoms with van der Waals surface area (Å²) in [5.41, 5.74) is 0.199. The van der Waals surface area contributed by atoms with Crippen LogP contribution in [0.1, 0.15) is 16.2 Å². The fraction of sp³-hybridized carbons (Fsp3) is 0.0667. The summed E-state index contributed by atoms with van der Waals surface area (Å²) < 4.78 is 5.44. The molecule has 0 radical (unpaired) electrons. The lowest BCUT2D eigenvalue weighted by molar-refractivity contribution is -0.255. The molecule has 0 saturated heterocycles. The number of nitrogens with zero attached hydrogens (tertiary/aromatic N) is 2. The molecule has 0 aliphatic heterocycles. The van der Waals surface area contributed by atoms with Crippen LogP contribution in [0.3, 0.4) is 0 Å². The molecule has 0 aliphatic carbocycles. The van der Waals surface area contributed by atoms with Crippen molar-refractivity contribution in [1.82, 2.24) is 15.0 Å². The van der Waals surface area contributed by atoms with E-state index >= 15 is 0 Å². The summed E-state index contributed by atoms with van der Waals surface area (Å²) in [6.45, 7) is -0.00340. The van der Waals surface area contributed by atoms with Gasteiger partial charge in [-0.1, -0.05) is 12.1 Å². The second-order valence-electron chi connectivity index (χ2n) is 4.51. The van der Waals surface area contributed by atoms with Crippen molar-refractivity contribution in [3.8, 4) is 5.75 Å². The van der Waals surface area contributed by atoms with Crippen LogP contribution < -0.4 is 15.4 Å². The minimum absolute atomic E-state index is 0.00340. The molecular weight excluding hydrogens is 286 g/mol. The fourth-order valence-corrected chi connectivity index (χ4v) is 1.97. The highest BCUT2D eigenvalue weighted by Crippen LogP contribution is 2.14. The number of hydrogen-bond donors (Lipinski definition) is 1. The Labute approximate surface area is 124 Å². The number of hydrogen-bond acceptors (Lipinski definition) is 6. The maximum atomic E-state index is 11.9. The third-order valence-electron chi connectivity index (χ3n) is 3.00. The van der Waals surface area contributed by atoms with Gasteiger partial charge < -0.3 is 19.6 Å². The Bertz CT molecular complexity index is 904. The summed E-state index contributed by atoms with van der Waals surface area (Å²) >= 11 is 0. The summed E-state index contributed by atoms with van der Waals surface area (Å²) in [6.07, 6.45) is 3.01. The van der Waals surface area contributed by atoms with Crippen LogP contribution in [0.15, 0.2) is 47.5 Å². The molecule has 7 nitrogen and oxygen atoms in total. The fourth-order valence-electron chi connectivity index (χ4n) is 1.97. The summed E-state index contributed by atoms with van der Waals surface area (Å²) in [4.78, 5) is 33.4. The van der Waals surface area contributed by atoms with E-state index in [0.29, 0.717) is 22.5 Å². The van der Waals surface area contributed by atoms with Gasteiger partial charge in [0, 0.05) is 11.8 Å². The first-order valence-electron chi connectivity index (χ1n) is 6.40. The van der Waals surface area contributed by atoms with E-state index in [2.05, 4.69) is 15.0 Å². The second kappa shape index (κ2) is 5.65. The van der Waals surface area contributed by atoms with Crippen molar-refractivity contribution in [2.75, 3.05) is 0 Å². The first kappa shape index (κ1) is 13.7. The van der Waals surface area contributed by atoms with E-state index in [1.807, 2.05) is 0 Å². The predicted octanol–water partition coefficient (Wildman–Crippen LogP) is 0.261. The van der Waals surface area contributed by atoms with Crippen molar-refractivity contribution >= 4 is 16.9 Å². The Kier molecular flexibility index (Phi) is 3.53. The van der Waals surface area contributed by atoms with Crippen molar-refractivity contribution in [2.24, 2.45) is 0 Å². The lowest BCUT2D eigenvalue weighted by Crippen LogP contribution is -2.22. The number of aromatic nitrogens is 3. The van der Waals surface area contributed by atoms with Gasteiger partial charge in [0.05, 0.1) is 23.1 Å². The van der Waals surface area contributed by atoms with E-state index in [9.17, 15) is 14.7 Å². The highest BCUT2D eigenvalue weighted by Gasteiger charge is 2.05. The standard InChI is InChI=1S/C15H11N3O4/c19-14-11-4-5-16-7-12(11)17-13(18-14)8-22-10-3-1-2-9(6-10)15(20)21/h1-7H,8H2,(H,20,21)(H,17,18,19)/p-1. The van der Waals surface area contributed by atoms with Gasteiger partial charge in [-0.2, -0.15) is 0 Å². The molecule has 0 atom stereocenters. The predicted molar refractivity (Wildman–Crippen MR) is 75.3 cm³/mol. The monoisotopic (exact) mass is 296 g/mol. The zero-order chi connectivity index (χ0) is 15.5. The molecule has 0 aliphatic rings. The number of carbonyl (C=O) groups is 1. The van der Waals surface area contributed by atoms with Gasteiger partial charge in [0.15, 0.2) is 0 Å². The van der Waals surface area contributed by atoms with Crippen molar-refractivity contribution in [3.63, 3.8) is 0 Å². The number of fused-ring (bicyclic) bond motifs is 1. The Morgan fingerprint density at radius 2 is 2.18 bits per heavy atom. The van der Waals surface area contributed by atoms with Gasteiger partial charge in [0.1, 0.15) is 18.2 Å². The van der Waals surface area contributed by atoms with Crippen LogP contribution in [0.5, 0.6) is 5.75 Å². The number of nitrogens with one attached hydrogen (secondary N) is 1. The molecule has 0 unspecified atom stereocenters. The third-order valence-corrected chi connectivity index (χ3v) is 3.00. The lowest BCUT2D eigenvalue weighted by atomic mass is 10.2. The van der Waals surface area contributed by atoms with Gasteiger partial charge in [-0.15, -0.1) is 0 Å². The molecule has 0 bridgehead atoms. The molecule has 0 spiro atoms. The van der Waals surface area contributed by atoms with Gasteiger partial charge >= 0.3 is 0 Å². The van der Waals surface area contributed by atoms with Gasteiger partial charge in [-0.25, -0.2) is 4.98 Å². The second-order valence-corrected chi connectivity index (χ2v) is 4.51. The highest BCUT2D eigenvalue weighted by molar-refractivity contribution is 5.86. The first-order chi connectivity index (χ1) is 10.6. The van der Waals surface area contributed by atoms with Crippen LogP contribution in [0.2, 0.25) is 0 Å². The minimum Gasteiger partial charge on any atom is -0.545 e. The lowest BCUT2D eigenvalue weighted by Gasteiger charge is -2.08. The topological polar surface area (TPSA) is 108 Å². The largest absolute Gasteiger partial charge is 0.545 e. The van der Waals surface area contributed by atoms with E-state index in [0.717, 1.165) is 0 Å². The van der Waals surface area contributed by atoms with Crippen molar-refractivity contribution in [3.05, 3.63) is 64.5 Å². The minimum atomic E-state index is -1.28. The molecule has 1 N–H and O–H groups in total. The number of ether oxygens (including phenoxy) is 1. The van der Waals surface area contributed by atoms with Gasteiger partial charge in [0.25, 0.3) is 5.56 Å². The maximum Gasteiger partial charge on any atom is 0.258 e. The van der Waals surface area contributed by atoms with Crippen LogP contribution in [0.25, 0.3) is 10.9 Å². The number of aromatic carboxylic acids is 1. The molecule has 7 heteroatoms. The number of carboxylic acids is 1. The van der Waals surface area contributed by atoms with E-state index in [1.54, 1.807) is 18.2 Å². The number of carboxylic acid groups (broad SMARTS) is 1. The van der Waals surface area contributed by atoms with E-state index < -0.39 is 5.97 Å². The van der Waals surface area contributed by atoms with Gasteiger partial charge in [-0.05, 0) is 18.2 Å². The van der Waals surface area contributed by atoms with Crippen LogP contribution in [0.4, 0.5) is 0 Å². The molecule has 22 heavy (non-hydrogen) atoms. The van der Waals surface area contributed by atoms with Crippen molar-refractivity contribution in [2.45, 2.75) is 6.61 Å². The summed E-state index contributed by atoms with van der Waals surface area (Å²) in [5, 5.41) is 11.2. The molecule has 1 aromatic carbocycles. The Balaban J connectivity index is 1.83. The highest BCUT2D eigenvalue weighted by atomic mass is 16.5. The molecule has 0 fully saturated rings. The SMILES string of the molecule is O=C([O-])c1cccc(OCc2nc3cnccc3c(=O)[nH]2)c1. The average Bonchev–Trinajstić information content (AvgIpc) is 2.53. The number of benzene rings is 1. The zero-order valence-corrected chi connectivity index (χ0v) is 11.3. The van der Waals surface area contributed by atoms with Crippen molar-refractivity contribution < 1.29 is 14.6 Å². The third kappa shape index (κ3) is 2.78. The number of carbonyl (C=O) groups excluding carboxylic acids is 1. The van der Waals surface area contributed by atoms with Crippen LogP contribution >= 0.6 is 0 Å². The molecule has 3 aromatic rings. The van der Waals surface area contributed by atoms with Crippen LogP contribution in [0, 0.1) is 0 Å². The smallest absolute Gasteiger partial charge is 0.258 e. The molecule has 0 amide bonds. The Morgan fingerprint density at radius 3 is 3.00 bits per heavy atom. The maximum absolute atomic E-state index is 11.9. The van der Waals surface area contributed by atoms with E-state index in [1.165, 1.54) is 24.5 Å². The quantitative estimate of drug-likeness (QED) is 0.740. The molecule has 110 valence electrons. The van der Waals surface area contributed by atoms with E-state index in [4.69, 9.17) is 4.74 Å².